The van der Waals surface area contributed by atoms with Gasteiger partial charge in [-0.15, -0.1) is 11.3 Å². The van der Waals surface area contributed by atoms with Crippen molar-refractivity contribution in [3.05, 3.63) is 57.4 Å². The van der Waals surface area contributed by atoms with Crippen LogP contribution >= 0.6 is 22.9 Å². The van der Waals surface area contributed by atoms with Crippen LogP contribution in [0.1, 0.15) is 23.4 Å². The molecule has 2 aromatic heterocycles. The largest absolute Gasteiger partial charge is 0.350 e. The fourth-order valence-electron chi connectivity index (χ4n) is 2.49. The molecule has 0 saturated heterocycles. The van der Waals surface area contributed by atoms with Gasteiger partial charge in [-0.1, -0.05) is 29.8 Å². The standard InChI is InChI=1S/C16H17ClN2S/c1-11(15-7-8-16(17)20-15)18-9-12-10-19(2)14-6-4-3-5-13(12)14/h3-8,10-11,18H,9H2,1-2H3. The van der Waals surface area contributed by atoms with Crippen molar-refractivity contribution in [1.82, 2.24) is 9.88 Å². The number of halogens is 1. The predicted octanol–water partition coefficient (Wildman–Crippen LogP) is 4.74. The Morgan fingerprint density at radius 1 is 1.25 bits per heavy atom. The van der Waals surface area contributed by atoms with E-state index in [1.54, 1.807) is 11.3 Å². The van der Waals surface area contributed by atoms with Gasteiger partial charge in [-0.25, -0.2) is 0 Å². The molecule has 0 aliphatic rings. The van der Waals surface area contributed by atoms with Gasteiger partial charge in [0.2, 0.25) is 0 Å². The van der Waals surface area contributed by atoms with Crippen LogP contribution in [0.4, 0.5) is 0 Å². The molecule has 1 N–H and O–H groups in total. The Hall–Kier alpha value is -1.29. The molecule has 2 heterocycles. The topological polar surface area (TPSA) is 17.0 Å². The molecule has 0 radical (unpaired) electrons. The van der Waals surface area contributed by atoms with Gasteiger partial charge < -0.3 is 9.88 Å². The van der Waals surface area contributed by atoms with Crippen molar-refractivity contribution >= 4 is 33.8 Å². The van der Waals surface area contributed by atoms with E-state index in [-0.39, 0.29) is 0 Å². The lowest BCUT2D eigenvalue weighted by atomic mass is 10.1. The first-order valence-electron chi connectivity index (χ1n) is 6.66. The lowest BCUT2D eigenvalue weighted by molar-refractivity contribution is 0.584. The van der Waals surface area contributed by atoms with Gasteiger partial charge in [0.25, 0.3) is 0 Å². The predicted molar refractivity (Wildman–Crippen MR) is 87.5 cm³/mol. The maximum Gasteiger partial charge on any atom is 0.0931 e. The lowest BCUT2D eigenvalue weighted by Gasteiger charge is -2.11. The van der Waals surface area contributed by atoms with E-state index in [0.717, 1.165) is 10.9 Å². The smallest absolute Gasteiger partial charge is 0.0931 e. The molecule has 1 unspecified atom stereocenters. The summed E-state index contributed by atoms with van der Waals surface area (Å²) in [6.07, 6.45) is 2.20. The van der Waals surface area contributed by atoms with Gasteiger partial charge in [0.15, 0.2) is 0 Å². The highest BCUT2D eigenvalue weighted by Gasteiger charge is 2.10. The summed E-state index contributed by atoms with van der Waals surface area (Å²) in [5.74, 6) is 0. The zero-order chi connectivity index (χ0) is 14.1. The lowest BCUT2D eigenvalue weighted by Crippen LogP contribution is -2.16. The van der Waals surface area contributed by atoms with E-state index in [1.807, 2.05) is 6.07 Å². The summed E-state index contributed by atoms with van der Waals surface area (Å²) in [7, 11) is 2.09. The van der Waals surface area contributed by atoms with Crippen LogP contribution in [0.5, 0.6) is 0 Å². The number of hydrogen-bond acceptors (Lipinski definition) is 2. The second kappa shape index (κ2) is 5.60. The van der Waals surface area contributed by atoms with E-state index in [4.69, 9.17) is 11.6 Å². The van der Waals surface area contributed by atoms with Crippen LogP contribution in [0.25, 0.3) is 10.9 Å². The molecule has 0 amide bonds. The normalized spacial score (nSPS) is 12.9. The van der Waals surface area contributed by atoms with Gasteiger partial charge in [0.05, 0.1) is 4.34 Å². The number of fused-ring (bicyclic) bond motifs is 1. The summed E-state index contributed by atoms with van der Waals surface area (Å²) >= 11 is 7.63. The third-order valence-electron chi connectivity index (χ3n) is 3.60. The highest BCUT2D eigenvalue weighted by Crippen LogP contribution is 2.27. The molecule has 0 saturated carbocycles. The van der Waals surface area contributed by atoms with E-state index < -0.39 is 0 Å². The van der Waals surface area contributed by atoms with Gasteiger partial charge in [-0.2, -0.15) is 0 Å². The van der Waals surface area contributed by atoms with E-state index in [9.17, 15) is 0 Å². The number of hydrogen-bond donors (Lipinski definition) is 1. The highest BCUT2D eigenvalue weighted by molar-refractivity contribution is 7.16. The third kappa shape index (κ3) is 2.62. The molecule has 0 aliphatic carbocycles. The van der Waals surface area contributed by atoms with Crippen LogP contribution in [0, 0.1) is 0 Å². The fourth-order valence-corrected chi connectivity index (χ4v) is 3.58. The maximum absolute atomic E-state index is 5.99. The van der Waals surface area contributed by atoms with E-state index in [2.05, 4.69) is 60.4 Å². The minimum Gasteiger partial charge on any atom is -0.350 e. The third-order valence-corrected chi connectivity index (χ3v) is 5.01. The Bertz CT molecular complexity index is 729. The summed E-state index contributed by atoms with van der Waals surface area (Å²) in [5.41, 5.74) is 2.61. The summed E-state index contributed by atoms with van der Waals surface area (Å²) < 4.78 is 3.03. The number of thiophene rings is 1. The van der Waals surface area contributed by atoms with Crippen molar-refractivity contribution in [3.63, 3.8) is 0 Å². The van der Waals surface area contributed by atoms with Crippen molar-refractivity contribution in [1.29, 1.82) is 0 Å². The van der Waals surface area contributed by atoms with E-state index in [1.165, 1.54) is 21.3 Å². The Morgan fingerprint density at radius 2 is 2.05 bits per heavy atom. The van der Waals surface area contributed by atoms with Gasteiger partial charge in [0, 0.05) is 41.6 Å². The minimum absolute atomic E-state index is 0.312. The van der Waals surface area contributed by atoms with Crippen molar-refractivity contribution in [2.24, 2.45) is 7.05 Å². The summed E-state index contributed by atoms with van der Waals surface area (Å²) in [4.78, 5) is 1.27. The zero-order valence-corrected chi connectivity index (χ0v) is 13.1. The van der Waals surface area contributed by atoms with Gasteiger partial charge in [-0.05, 0) is 30.7 Å². The summed E-state index contributed by atoms with van der Waals surface area (Å²) in [5, 5.41) is 4.89. The number of rotatable bonds is 4. The van der Waals surface area contributed by atoms with Crippen molar-refractivity contribution in [3.8, 4) is 0 Å². The van der Waals surface area contributed by atoms with Crippen molar-refractivity contribution < 1.29 is 0 Å². The monoisotopic (exact) mass is 304 g/mol. The van der Waals surface area contributed by atoms with E-state index in [0.29, 0.717) is 6.04 Å². The second-order valence-electron chi connectivity index (χ2n) is 5.03. The van der Waals surface area contributed by atoms with Crippen LogP contribution in [0.15, 0.2) is 42.6 Å². The summed E-state index contributed by atoms with van der Waals surface area (Å²) in [6, 6.07) is 12.9. The van der Waals surface area contributed by atoms with E-state index >= 15 is 0 Å². The van der Waals surface area contributed by atoms with Crippen LogP contribution in [-0.4, -0.2) is 4.57 Å². The second-order valence-corrected chi connectivity index (χ2v) is 6.77. The van der Waals surface area contributed by atoms with Crippen LogP contribution in [-0.2, 0) is 13.6 Å². The molecule has 4 heteroatoms. The maximum atomic E-state index is 5.99. The SMILES string of the molecule is CC(NCc1cn(C)c2ccccc12)c1ccc(Cl)s1. The molecular formula is C16H17ClN2S. The zero-order valence-electron chi connectivity index (χ0n) is 11.6. The van der Waals surface area contributed by atoms with Gasteiger partial charge in [0.1, 0.15) is 0 Å². The molecule has 20 heavy (non-hydrogen) atoms. The van der Waals surface area contributed by atoms with Crippen LogP contribution in [0.2, 0.25) is 4.34 Å². The number of aryl methyl sites for hydroxylation is 1. The average molecular weight is 305 g/mol. The molecular weight excluding hydrogens is 288 g/mol. The molecule has 3 rings (SSSR count). The molecule has 1 aromatic carbocycles. The fraction of sp³-hybridized carbons (Fsp3) is 0.250. The van der Waals surface area contributed by atoms with Crippen molar-refractivity contribution in [2.45, 2.75) is 19.5 Å². The molecule has 104 valence electrons. The first-order valence-corrected chi connectivity index (χ1v) is 7.86. The Kier molecular flexibility index (Phi) is 3.83. The molecule has 0 fully saturated rings. The van der Waals surface area contributed by atoms with Gasteiger partial charge in [-0.3, -0.25) is 0 Å². The molecule has 3 aromatic rings. The first kappa shape index (κ1) is 13.7. The number of nitrogens with zero attached hydrogens (tertiary/aromatic N) is 1. The highest BCUT2D eigenvalue weighted by atomic mass is 35.5. The Balaban J connectivity index is 1.77. The average Bonchev–Trinajstić information content (AvgIpc) is 3.01. The molecule has 0 spiro atoms. The molecule has 0 bridgehead atoms. The van der Waals surface area contributed by atoms with Crippen LogP contribution in [0.3, 0.4) is 0 Å². The number of benzene rings is 1. The Morgan fingerprint density at radius 3 is 2.80 bits per heavy atom. The minimum atomic E-state index is 0.312. The van der Waals surface area contributed by atoms with Gasteiger partial charge >= 0.3 is 0 Å². The molecule has 2 nitrogen and oxygen atoms in total. The number of nitrogens with one attached hydrogen (secondary N) is 1. The molecule has 0 aliphatic heterocycles. The van der Waals surface area contributed by atoms with Crippen LogP contribution < -0.4 is 5.32 Å². The quantitative estimate of drug-likeness (QED) is 0.736. The molecule has 1 atom stereocenters. The summed E-state index contributed by atoms with van der Waals surface area (Å²) in [6.45, 7) is 3.03. The number of aromatic nitrogens is 1. The number of para-hydroxylation sites is 1. The first-order chi connectivity index (χ1) is 9.65. The Labute approximate surface area is 128 Å². The van der Waals surface area contributed by atoms with Crippen molar-refractivity contribution in [2.75, 3.05) is 0 Å².